The van der Waals surface area contributed by atoms with Gasteiger partial charge in [0, 0.05) is 19.1 Å². The van der Waals surface area contributed by atoms with Crippen molar-refractivity contribution in [1.29, 1.82) is 0 Å². The number of benzene rings is 1. The highest BCUT2D eigenvalue weighted by Gasteiger charge is 2.32. The molecule has 0 unspecified atom stereocenters. The Morgan fingerprint density at radius 2 is 1.90 bits per heavy atom. The molecule has 0 bridgehead atoms. The fourth-order valence-electron chi connectivity index (χ4n) is 2.31. The summed E-state index contributed by atoms with van der Waals surface area (Å²) < 4.78 is 0. The normalized spacial score (nSPS) is 14.1. The number of nitrogens with two attached hydrogens (primary N) is 1. The van der Waals surface area contributed by atoms with Crippen LogP contribution in [0.3, 0.4) is 0 Å². The molecule has 0 aromatic heterocycles. The molecule has 5 nitrogen and oxygen atoms in total. The average molecular weight is 276 g/mol. The molecular formula is C15H20N2O3. The summed E-state index contributed by atoms with van der Waals surface area (Å²) in [5.41, 5.74) is 7.57. The summed E-state index contributed by atoms with van der Waals surface area (Å²) in [6.45, 7) is 0.700. The number of rotatable bonds is 7. The van der Waals surface area contributed by atoms with Crippen molar-refractivity contribution in [2.75, 3.05) is 6.54 Å². The number of carboxylic acids is 1. The van der Waals surface area contributed by atoms with Gasteiger partial charge < -0.3 is 15.7 Å². The Morgan fingerprint density at radius 1 is 1.25 bits per heavy atom. The molecule has 1 fully saturated rings. The highest BCUT2D eigenvalue weighted by Crippen LogP contribution is 2.27. The van der Waals surface area contributed by atoms with Crippen molar-refractivity contribution in [1.82, 2.24) is 4.90 Å². The standard InChI is InChI=1S/C15H20N2O3/c16-10-12-4-2-1-3-11(12)9-14(18)17(13-5-6-13)8-7-15(19)20/h1-4,13H,5-10,16H2,(H,19,20). The topological polar surface area (TPSA) is 83.6 Å². The van der Waals surface area contributed by atoms with Crippen LogP contribution in [-0.4, -0.2) is 34.5 Å². The quantitative estimate of drug-likeness (QED) is 0.782. The third-order valence-electron chi connectivity index (χ3n) is 3.55. The molecule has 5 heteroatoms. The van der Waals surface area contributed by atoms with Crippen molar-refractivity contribution in [3.63, 3.8) is 0 Å². The van der Waals surface area contributed by atoms with E-state index in [2.05, 4.69) is 0 Å². The van der Waals surface area contributed by atoms with Gasteiger partial charge >= 0.3 is 5.97 Å². The third kappa shape index (κ3) is 3.81. The second kappa shape index (κ2) is 6.52. The molecule has 0 radical (unpaired) electrons. The molecule has 1 aliphatic carbocycles. The fraction of sp³-hybridized carbons (Fsp3) is 0.467. The number of carbonyl (C=O) groups is 2. The Bertz CT molecular complexity index is 498. The Kier molecular flexibility index (Phi) is 4.74. The fourth-order valence-corrected chi connectivity index (χ4v) is 2.31. The first-order valence-corrected chi connectivity index (χ1v) is 6.90. The Morgan fingerprint density at radius 3 is 2.45 bits per heavy atom. The van der Waals surface area contributed by atoms with Crippen molar-refractivity contribution < 1.29 is 14.7 Å². The molecule has 0 heterocycles. The van der Waals surface area contributed by atoms with Crippen LogP contribution >= 0.6 is 0 Å². The number of carbonyl (C=O) groups excluding carboxylic acids is 1. The first-order chi connectivity index (χ1) is 9.61. The van der Waals surface area contributed by atoms with Crippen molar-refractivity contribution in [3.8, 4) is 0 Å². The van der Waals surface area contributed by atoms with Gasteiger partial charge in [0.1, 0.15) is 0 Å². The highest BCUT2D eigenvalue weighted by molar-refractivity contribution is 5.80. The van der Waals surface area contributed by atoms with Gasteiger partial charge in [-0.3, -0.25) is 9.59 Å². The van der Waals surface area contributed by atoms with E-state index in [1.807, 2.05) is 24.3 Å². The van der Waals surface area contributed by atoms with Crippen LogP contribution in [0.4, 0.5) is 0 Å². The van der Waals surface area contributed by atoms with Crippen molar-refractivity contribution in [3.05, 3.63) is 35.4 Å². The van der Waals surface area contributed by atoms with Crippen LogP contribution in [0.1, 0.15) is 30.4 Å². The second-order valence-electron chi connectivity index (χ2n) is 5.11. The van der Waals surface area contributed by atoms with Crippen LogP contribution in [0.25, 0.3) is 0 Å². The van der Waals surface area contributed by atoms with Gasteiger partial charge in [-0.1, -0.05) is 24.3 Å². The monoisotopic (exact) mass is 276 g/mol. The summed E-state index contributed by atoms with van der Waals surface area (Å²) in [4.78, 5) is 24.8. The second-order valence-corrected chi connectivity index (χ2v) is 5.11. The molecule has 20 heavy (non-hydrogen) atoms. The largest absolute Gasteiger partial charge is 0.481 e. The molecule has 1 saturated carbocycles. The van der Waals surface area contributed by atoms with Gasteiger partial charge in [-0.05, 0) is 24.0 Å². The number of hydrogen-bond acceptors (Lipinski definition) is 3. The van der Waals surface area contributed by atoms with Crippen LogP contribution in [-0.2, 0) is 22.6 Å². The first-order valence-electron chi connectivity index (χ1n) is 6.90. The summed E-state index contributed by atoms with van der Waals surface area (Å²) >= 11 is 0. The van der Waals surface area contributed by atoms with Gasteiger partial charge in [0.2, 0.25) is 5.91 Å². The zero-order valence-corrected chi connectivity index (χ0v) is 11.4. The summed E-state index contributed by atoms with van der Waals surface area (Å²) in [6.07, 6.45) is 2.25. The predicted molar refractivity (Wildman–Crippen MR) is 75.0 cm³/mol. The molecule has 3 N–H and O–H groups in total. The van der Waals surface area contributed by atoms with E-state index in [4.69, 9.17) is 10.8 Å². The predicted octanol–water partition coefficient (Wildman–Crippen LogP) is 1.15. The van der Waals surface area contributed by atoms with Crippen LogP contribution in [0.5, 0.6) is 0 Å². The van der Waals surface area contributed by atoms with Crippen molar-refractivity contribution >= 4 is 11.9 Å². The molecule has 1 amide bonds. The molecule has 0 spiro atoms. The SMILES string of the molecule is NCc1ccccc1CC(=O)N(CCC(=O)O)C1CC1. The highest BCUT2D eigenvalue weighted by atomic mass is 16.4. The Balaban J connectivity index is 2.02. The zero-order chi connectivity index (χ0) is 14.5. The van der Waals surface area contributed by atoms with Crippen molar-refractivity contribution in [2.45, 2.75) is 38.3 Å². The Hall–Kier alpha value is -1.88. The average Bonchev–Trinajstić information content (AvgIpc) is 3.24. The minimum absolute atomic E-state index is 0.000770. The van der Waals surface area contributed by atoms with Crippen LogP contribution < -0.4 is 5.73 Å². The number of aliphatic carboxylic acids is 1. The van der Waals surface area contributed by atoms with Gasteiger partial charge in [0.15, 0.2) is 0 Å². The smallest absolute Gasteiger partial charge is 0.305 e. The number of nitrogens with zero attached hydrogens (tertiary/aromatic N) is 1. The number of hydrogen-bond donors (Lipinski definition) is 2. The van der Waals surface area contributed by atoms with E-state index < -0.39 is 5.97 Å². The van der Waals surface area contributed by atoms with Crippen molar-refractivity contribution in [2.24, 2.45) is 5.73 Å². The van der Waals surface area contributed by atoms with Crippen LogP contribution in [0, 0.1) is 0 Å². The lowest BCUT2D eigenvalue weighted by Gasteiger charge is -2.22. The van der Waals surface area contributed by atoms with Crippen LogP contribution in [0.15, 0.2) is 24.3 Å². The van der Waals surface area contributed by atoms with Gasteiger partial charge in [0.05, 0.1) is 12.8 Å². The molecule has 108 valence electrons. The maximum atomic E-state index is 12.4. The maximum absolute atomic E-state index is 12.4. The molecule has 0 saturated heterocycles. The summed E-state index contributed by atoms with van der Waals surface area (Å²) in [5.74, 6) is -0.875. The number of amides is 1. The molecular weight excluding hydrogens is 256 g/mol. The first kappa shape index (κ1) is 14.5. The maximum Gasteiger partial charge on any atom is 0.305 e. The minimum atomic E-state index is -0.870. The zero-order valence-electron chi connectivity index (χ0n) is 11.4. The third-order valence-corrected chi connectivity index (χ3v) is 3.55. The molecule has 1 aromatic rings. The molecule has 2 rings (SSSR count). The van der Waals surface area contributed by atoms with E-state index in [9.17, 15) is 9.59 Å². The molecule has 0 atom stereocenters. The van der Waals surface area contributed by atoms with Gasteiger partial charge in [-0.15, -0.1) is 0 Å². The molecule has 0 aliphatic heterocycles. The summed E-state index contributed by atoms with van der Waals surface area (Å²) in [5, 5.41) is 8.76. The van der Waals surface area contributed by atoms with Crippen LogP contribution in [0.2, 0.25) is 0 Å². The van der Waals surface area contributed by atoms with Gasteiger partial charge in [0.25, 0.3) is 0 Å². The van der Waals surface area contributed by atoms with E-state index in [1.54, 1.807) is 4.90 Å². The van der Waals surface area contributed by atoms with E-state index in [0.717, 1.165) is 24.0 Å². The summed E-state index contributed by atoms with van der Waals surface area (Å²) in [6, 6.07) is 7.84. The van der Waals surface area contributed by atoms with Gasteiger partial charge in [-0.25, -0.2) is 0 Å². The lowest BCUT2D eigenvalue weighted by atomic mass is 10.0. The van der Waals surface area contributed by atoms with E-state index in [-0.39, 0.29) is 18.4 Å². The minimum Gasteiger partial charge on any atom is -0.481 e. The molecule has 1 aromatic carbocycles. The van der Waals surface area contributed by atoms with E-state index in [0.29, 0.717) is 19.5 Å². The Labute approximate surface area is 118 Å². The van der Waals surface area contributed by atoms with Gasteiger partial charge in [-0.2, -0.15) is 0 Å². The number of carboxylic acid groups (broad SMARTS) is 1. The lowest BCUT2D eigenvalue weighted by Crippen LogP contribution is -2.36. The lowest BCUT2D eigenvalue weighted by molar-refractivity contribution is -0.138. The van der Waals surface area contributed by atoms with E-state index in [1.165, 1.54) is 0 Å². The van der Waals surface area contributed by atoms with E-state index >= 15 is 0 Å². The summed E-state index contributed by atoms with van der Waals surface area (Å²) in [7, 11) is 0. The molecule has 1 aliphatic rings.